The monoisotopic (exact) mass is 729 g/mol. The summed E-state index contributed by atoms with van der Waals surface area (Å²) in [6.07, 6.45) is -0.789. The summed E-state index contributed by atoms with van der Waals surface area (Å²) in [6.45, 7) is 7.88. The number of hydrogen-bond donors (Lipinski definition) is 2. The number of ether oxygens (including phenoxy) is 1. The molecule has 0 radical (unpaired) electrons. The van der Waals surface area contributed by atoms with Crippen LogP contribution in [0.2, 0.25) is 5.02 Å². The van der Waals surface area contributed by atoms with Gasteiger partial charge in [0.1, 0.15) is 18.6 Å². The first-order valence-corrected chi connectivity index (χ1v) is 16.6. The molecular formula is C33H35ClF3N9O5. The summed E-state index contributed by atoms with van der Waals surface area (Å²) in [6, 6.07) is 1.74. The minimum atomic E-state index is -4.62. The fraction of sp³-hybridized carbons (Fsp3) is 0.424. The summed E-state index contributed by atoms with van der Waals surface area (Å²) in [5.41, 5.74) is 0.185. The van der Waals surface area contributed by atoms with Crippen molar-refractivity contribution in [2.45, 2.75) is 65.3 Å². The maximum Gasteiger partial charge on any atom is 0.416 e. The number of nitrogens with zero attached hydrogens (tertiary/aromatic N) is 8. The van der Waals surface area contributed by atoms with Gasteiger partial charge < -0.3 is 29.5 Å². The summed E-state index contributed by atoms with van der Waals surface area (Å²) in [5, 5.41) is 17.4. The number of piperazine rings is 1. The van der Waals surface area contributed by atoms with Crippen molar-refractivity contribution in [3.63, 3.8) is 0 Å². The van der Waals surface area contributed by atoms with Crippen LogP contribution in [-0.2, 0) is 28.7 Å². The van der Waals surface area contributed by atoms with E-state index >= 15 is 0 Å². The van der Waals surface area contributed by atoms with E-state index in [-0.39, 0.29) is 65.4 Å². The highest BCUT2D eigenvalue weighted by Gasteiger charge is 2.38. The second-order valence-corrected chi connectivity index (χ2v) is 12.7. The van der Waals surface area contributed by atoms with Gasteiger partial charge in [0.15, 0.2) is 17.3 Å². The van der Waals surface area contributed by atoms with E-state index in [0.717, 1.165) is 28.3 Å². The number of aryl methyl sites for hydroxylation is 1. The first-order valence-electron chi connectivity index (χ1n) is 16.3. The molecule has 14 nitrogen and oxygen atoms in total. The first-order chi connectivity index (χ1) is 24.2. The molecule has 2 aliphatic heterocycles. The zero-order valence-corrected chi connectivity index (χ0v) is 28.9. The Morgan fingerprint density at radius 3 is 2.59 bits per heavy atom. The standard InChI is InChI=1S/C33H35ClF3N9O5/c1-5-24-27(43-10-11-44(19(4)18(43)3)30(49)26-28(48)17(2)38-16-39-26)31(50)46-32(41-29(42-46)20-8-12-51-13-9-20)45(24)15-25(47)40-23-7-6-21(14-22(23)34)33(35,36)37/h6-8,14,16,18-19,48H,5,9-13,15H2,1-4H3,(H,40,47)/t18-,19+/m1/s1. The van der Waals surface area contributed by atoms with Crippen LogP contribution in [0, 0.1) is 6.92 Å². The van der Waals surface area contributed by atoms with Gasteiger partial charge in [-0.3, -0.25) is 14.4 Å². The van der Waals surface area contributed by atoms with Crippen LogP contribution in [0.1, 0.15) is 60.5 Å². The van der Waals surface area contributed by atoms with Crippen molar-refractivity contribution in [1.29, 1.82) is 0 Å². The third kappa shape index (κ3) is 6.74. The molecule has 18 heteroatoms. The lowest BCUT2D eigenvalue weighted by atomic mass is 10.0. The number of carbonyl (C=O) groups is 2. The third-order valence-electron chi connectivity index (χ3n) is 9.30. The van der Waals surface area contributed by atoms with E-state index in [1.54, 1.807) is 16.4 Å². The second-order valence-electron chi connectivity index (χ2n) is 12.3. The minimum Gasteiger partial charge on any atom is -0.504 e. The molecular weight excluding hydrogens is 695 g/mol. The summed E-state index contributed by atoms with van der Waals surface area (Å²) in [4.78, 5) is 57.6. The Morgan fingerprint density at radius 1 is 1.16 bits per heavy atom. The average Bonchev–Trinajstić information content (AvgIpc) is 3.55. The van der Waals surface area contributed by atoms with Crippen LogP contribution in [0.5, 0.6) is 5.75 Å². The number of alkyl halides is 3. The van der Waals surface area contributed by atoms with Crippen LogP contribution < -0.4 is 15.8 Å². The third-order valence-corrected chi connectivity index (χ3v) is 9.62. The van der Waals surface area contributed by atoms with Crippen molar-refractivity contribution in [2.24, 2.45) is 0 Å². The Labute approximate surface area is 294 Å². The molecule has 51 heavy (non-hydrogen) atoms. The molecule has 2 atom stereocenters. The Balaban J connectivity index is 1.40. The predicted octanol–water partition coefficient (Wildman–Crippen LogP) is 4.11. The van der Waals surface area contributed by atoms with Gasteiger partial charge in [0.25, 0.3) is 11.5 Å². The lowest BCUT2D eigenvalue weighted by Crippen LogP contribution is -2.60. The van der Waals surface area contributed by atoms with Crippen LogP contribution in [0.4, 0.5) is 24.5 Å². The number of carbonyl (C=O) groups excluding carboxylic acids is 2. The van der Waals surface area contributed by atoms with Crippen LogP contribution in [0.25, 0.3) is 11.4 Å². The summed E-state index contributed by atoms with van der Waals surface area (Å²) in [7, 11) is 0. The zero-order chi connectivity index (χ0) is 36.8. The van der Waals surface area contributed by atoms with E-state index in [1.807, 2.05) is 31.7 Å². The normalized spacial score (nSPS) is 18.2. The van der Waals surface area contributed by atoms with Gasteiger partial charge in [0.05, 0.1) is 40.9 Å². The number of amides is 2. The molecule has 1 saturated heterocycles. The Kier molecular flexibility index (Phi) is 9.78. The number of halogens is 4. The molecule has 2 aliphatic rings. The second kappa shape index (κ2) is 13.9. The molecule has 1 aromatic carbocycles. The largest absolute Gasteiger partial charge is 0.504 e. The molecule has 4 aromatic rings. The molecule has 2 amide bonds. The van der Waals surface area contributed by atoms with Crippen LogP contribution >= 0.6 is 11.6 Å². The lowest BCUT2D eigenvalue weighted by Gasteiger charge is -2.46. The highest BCUT2D eigenvalue weighted by Crippen LogP contribution is 2.34. The number of benzene rings is 1. The SMILES string of the molecule is CCc1c(N2CCN(C(=O)c3ncnc(C)c3O)[C@@H](C)[C@H]2C)c(=O)n2nc(C3=CCOCC3)nc2n1CC(=O)Nc1ccc(C(F)(F)F)cc1Cl. The number of aromatic hydroxyl groups is 1. The number of anilines is 2. The Morgan fingerprint density at radius 2 is 1.92 bits per heavy atom. The van der Waals surface area contributed by atoms with E-state index in [1.165, 1.54) is 6.33 Å². The van der Waals surface area contributed by atoms with E-state index in [9.17, 15) is 32.7 Å². The minimum absolute atomic E-state index is 0.0207. The van der Waals surface area contributed by atoms with Crippen molar-refractivity contribution in [1.82, 2.24) is 34.0 Å². The van der Waals surface area contributed by atoms with Crippen LogP contribution in [-0.4, -0.2) is 89.3 Å². The summed E-state index contributed by atoms with van der Waals surface area (Å²) < 4.78 is 47.8. The molecule has 0 spiro atoms. The molecule has 6 rings (SSSR count). The average molecular weight is 730 g/mol. The molecule has 1 fully saturated rings. The quantitative estimate of drug-likeness (QED) is 0.284. The first kappa shape index (κ1) is 35.8. The van der Waals surface area contributed by atoms with E-state index in [2.05, 4.69) is 25.4 Å². The molecule has 0 aliphatic carbocycles. The van der Waals surface area contributed by atoms with E-state index < -0.39 is 41.2 Å². The lowest BCUT2D eigenvalue weighted by molar-refractivity contribution is -0.137. The van der Waals surface area contributed by atoms with Gasteiger partial charge in [-0.25, -0.2) is 9.97 Å². The Hall–Kier alpha value is -5.03. The van der Waals surface area contributed by atoms with Gasteiger partial charge in [-0.05, 0) is 57.4 Å². The van der Waals surface area contributed by atoms with Gasteiger partial charge in [-0.15, -0.1) is 5.10 Å². The Bertz CT molecular complexity index is 2120. The molecule has 0 unspecified atom stereocenters. The molecule has 2 N–H and O–H groups in total. The zero-order valence-electron chi connectivity index (χ0n) is 28.2. The van der Waals surface area contributed by atoms with Crippen molar-refractivity contribution < 1.29 is 32.6 Å². The van der Waals surface area contributed by atoms with Gasteiger partial charge in [-0.2, -0.15) is 22.7 Å². The fourth-order valence-electron chi connectivity index (χ4n) is 6.40. The number of fused-ring (bicyclic) bond motifs is 1. The highest BCUT2D eigenvalue weighted by atomic mass is 35.5. The molecule has 0 saturated carbocycles. The predicted molar refractivity (Wildman–Crippen MR) is 181 cm³/mol. The summed E-state index contributed by atoms with van der Waals surface area (Å²) >= 11 is 6.13. The number of rotatable bonds is 7. The van der Waals surface area contributed by atoms with E-state index in [4.69, 9.17) is 16.3 Å². The maximum absolute atomic E-state index is 14.4. The highest BCUT2D eigenvalue weighted by molar-refractivity contribution is 6.33. The van der Waals surface area contributed by atoms with Gasteiger partial charge in [-0.1, -0.05) is 24.6 Å². The molecule has 0 bridgehead atoms. The summed E-state index contributed by atoms with van der Waals surface area (Å²) in [5.74, 6) is -1.02. The smallest absolute Gasteiger partial charge is 0.416 e. The van der Waals surface area contributed by atoms with Gasteiger partial charge >= 0.3 is 6.18 Å². The van der Waals surface area contributed by atoms with Crippen molar-refractivity contribution >= 4 is 46.1 Å². The fourth-order valence-corrected chi connectivity index (χ4v) is 6.63. The van der Waals surface area contributed by atoms with Crippen molar-refractivity contribution in [3.8, 4) is 5.75 Å². The van der Waals surface area contributed by atoms with Crippen LogP contribution in [0.15, 0.2) is 35.4 Å². The van der Waals surface area contributed by atoms with E-state index in [0.29, 0.717) is 31.2 Å². The van der Waals surface area contributed by atoms with Gasteiger partial charge in [0.2, 0.25) is 11.7 Å². The van der Waals surface area contributed by atoms with Crippen molar-refractivity contribution in [2.75, 3.05) is 36.5 Å². The van der Waals surface area contributed by atoms with Crippen LogP contribution in [0.3, 0.4) is 0 Å². The topological polar surface area (TPSA) is 160 Å². The molecule has 3 aromatic heterocycles. The number of hydrogen-bond acceptors (Lipinski definition) is 10. The van der Waals surface area contributed by atoms with Gasteiger partial charge in [0, 0.05) is 25.2 Å². The molecule has 270 valence electrons. The number of aromatic nitrogens is 6. The molecule has 5 heterocycles. The number of nitrogens with one attached hydrogen (secondary N) is 1. The maximum atomic E-state index is 14.4. The van der Waals surface area contributed by atoms with Crippen molar-refractivity contribution in [3.05, 3.63) is 74.4 Å².